The average molecular weight is 412 g/mol. The molecule has 31 heavy (non-hydrogen) atoms. The van der Waals surface area contributed by atoms with Crippen LogP contribution < -0.4 is 15.4 Å². The van der Waals surface area contributed by atoms with E-state index in [-0.39, 0.29) is 12.5 Å². The molecular formula is C25H24N4O2. The Bertz CT molecular complexity index is 1150. The van der Waals surface area contributed by atoms with E-state index in [2.05, 4.69) is 15.7 Å². The summed E-state index contributed by atoms with van der Waals surface area (Å²) in [6.45, 7) is 3.73. The van der Waals surface area contributed by atoms with Crippen molar-refractivity contribution in [2.24, 2.45) is 0 Å². The van der Waals surface area contributed by atoms with Crippen LogP contribution in [0.2, 0.25) is 0 Å². The van der Waals surface area contributed by atoms with Crippen molar-refractivity contribution in [1.82, 2.24) is 9.78 Å². The Balaban J connectivity index is 1.35. The Morgan fingerprint density at radius 3 is 2.16 bits per heavy atom. The maximum Gasteiger partial charge on any atom is 0.262 e. The van der Waals surface area contributed by atoms with Crippen LogP contribution in [0.3, 0.4) is 0 Å². The summed E-state index contributed by atoms with van der Waals surface area (Å²) in [5.41, 5.74) is 5.24. The second-order valence-corrected chi connectivity index (χ2v) is 7.15. The predicted molar refractivity (Wildman–Crippen MR) is 123 cm³/mol. The first-order valence-electron chi connectivity index (χ1n) is 10.1. The molecule has 156 valence electrons. The molecule has 0 aliphatic heterocycles. The van der Waals surface area contributed by atoms with E-state index in [4.69, 9.17) is 4.74 Å². The molecule has 0 spiro atoms. The predicted octanol–water partition coefficient (Wildman–Crippen LogP) is 5.25. The number of rotatable bonds is 7. The van der Waals surface area contributed by atoms with Crippen LogP contribution in [0.25, 0.3) is 5.69 Å². The molecule has 1 heterocycles. The Morgan fingerprint density at radius 2 is 1.48 bits per heavy atom. The lowest BCUT2D eigenvalue weighted by Gasteiger charge is -2.10. The lowest BCUT2D eigenvalue weighted by Crippen LogP contribution is -2.20. The number of benzene rings is 3. The zero-order chi connectivity index (χ0) is 21.6. The molecule has 6 heteroatoms. The van der Waals surface area contributed by atoms with E-state index in [1.54, 1.807) is 0 Å². The van der Waals surface area contributed by atoms with Gasteiger partial charge in [-0.15, -0.1) is 0 Å². The quantitative estimate of drug-likeness (QED) is 0.435. The Labute approximate surface area is 181 Å². The van der Waals surface area contributed by atoms with E-state index in [1.165, 1.54) is 0 Å². The molecule has 0 bridgehead atoms. The molecule has 0 aliphatic carbocycles. The van der Waals surface area contributed by atoms with Crippen LogP contribution in [-0.2, 0) is 4.79 Å². The number of carbonyl (C=O) groups is 1. The van der Waals surface area contributed by atoms with Crippen molar-refractivity contribution < 1.29 is 9.53 Å². The number of hydrogen-bond donors (Lipinski definition) is 2. The summed E-state index contributed by atoms with van der Waals surface area (Å²) in [6.07, 6.45) is 0. The van der Waals surface area contributed by atoms with Gasteiger partial charge in [-0.2, -0.15) is 5.10 Å². The third-order valence-electron chi connectivity index (χ3n) is 4.84. The van der Waals surface area contributed by atoms with E-state index in [9.17, 15) is 4.79 Å². The minimum atomic E-state index is -0.231. The summed E-state index contributed by atoms with van der Waals surface area (Å²) in [5.74, 6) is 0.396. The van der Waals surface area contributed by atoms with Crippen molar-refractivity contribution in [3.05, 3.63) is 96.3 Å². The molecule has 0 saturated carbocycles. The van der Waals surface area contributed by atoms with Crippen molar-refractivity contribution in [2.75, 3.05) is 17.2 Å². The van der Waals surface area contributed by atoms with Gasteiger partial charge in [-0.1, -0.05) is 36.4 Å². The van der Waals surface area contributed by atoms with Gasteiger partial charge in [-0.05, 0) is 62.4 Å². The summed E-state index contributed by atoms with van der Waals surface area (Å²) >= 11 is 0. The molecule has 1 aromatic heterocycles. The minimum absolute atomic E-state index is 0.0825. The number of aromatic nitrogens is 2. The SMILES string of the molecule is Cc1nn(-c2ccccc2)c(C)c1NC(=O)COc1ccc(Nc2ccccc2)cc1. The fraction of sp³-hybridized carbons (Fsp3) is 0.120. The highest BCUT2D eigenvalue weighted by Gasteiger charge is 2.15. The molecule has 4 aromatic rings. The monoisotopic (exact) mass is 412 g/mol. The van der Waals surface area contributed by atoms with Gasteiger partial charge in [-0.3, -0.25) is 4.79 Å². The fourth-order valence-electron chi connectivity index (χ4n) is 3.29. The van der Waals surface area contributed by atoms with Crippen LogP contribution in [0.5, 0.6) is 5.75 Å². The fourth-order valence-corrected chi connectivity index (χ4v) is 3.29. The number of hydrogen-bond acceptors (Lipinski definition) is 4. The van der Waals surface area contributed by atoms with Crippen molar-refractivity contribution in [3.8, 4) is 11.4 Å². The van der Waals surface area contributed by atoms with E-state index >= 15 is 0 Å². The van der Waals surface area contributed by atoms with E-state index in [1.807, 2.05) is 103 Å². The van der Waals surface area contributed by atoms with Crippen LogP contribution >= 0.6 is 0 Å². The molecule has 3 aromatic carbocycles. The number of anilines is 3. The second-order valence-electron chi connectivity index (χ2n) is 7.15. The van der Waals surface area contributed by atoms with Gasteiger partial charge in [0.05, 0.1) is 22.8 Å². The smallest absolute Gasteiger partial charge is 0.262 e. The molecule has 4 rings (SSSR count). The zero-order valence-corrected chi connectivity index (χ0v) is 17.5. The van der Waals surface area contributed by atoms with Gasteiger partial charge in [-0.25, -0.2) is 4.68 Å². The van der Waals surface area contributed by atoms with Crippen molar-refractivity contribution in [2.45, 2.75) is 13.8 Å². The molecule has 0 saturated heterocycles. The number of para-hydroxylation sites is 2. The molecule has 0 atom stereocenters. The van der Waals surface area contributed by atoms with E-state index in [0.717, 1.165) is 28.5 Å². The lowest BCUT2D eigenvalue weighted by atomic mass is 10.2. The lowest BCUT2D eigenvalue weighted by molar-refractivity contribution is -0.118. The number of carbonyl (C=O) groups excluding carboxylic acids is 1. The van der Waals surface area contributed by atoms with Crippen LogP contribution in [0.1, 0.15) is 11.4 Å². The van der Waals surface area contributed by atoms with Gasteiger partial charge >= 0.3 is 0 Å². The van der Waals surface area contributed by atoms with Crippen molar-refractivity contribution in [1.29, 1.82) is 0 Å². The van der Waals surface area contributed by atoms with E-state index < -0.39 is 0 Å². The maximum atomic E-state index is 12.5. The van der Waals surface area contributed by atoms with Gasteiger partial charge in [0.15, 0.2) is 6.61 Å². The van der Waals surface area contributed by atoms with Gasteiger partial charge in [0, 0.05) is 11.4 Å². The Hall–Kier alpha value is -4.06. The summed E-state index contributed by atoms with van der Waals surface area (Å²) in [5, 5.41) is 10.8. The summed E-state index contributed by atoms with van der Waals surface area (Å²) < 4.78 is 7.47. The Morgan fingerprint density at radius 1 is 0.871 bits per heavy atom. The largest absolute Gasteiger partial charge is 0.484 e. The second kappa shape index (κ2) is 9.17. The number of ether oxygens (including phenoxy) is 1. The molecular weight excluding hydrogens is 388 g/mol. The minimum Gasteiger partial charge on any atom is -0.484 e. The van der Waals surface area contributed by atoms with Crippen LogP contribution in [0.15, 0.2) is 84.9 Å². The normalized spacial score (nSPS) is 10.5. The zero-order valence-electron chi connectivity index (χ0n) is 17.5. The third-order valence-corrected chi connectivity index (χ3v) is 4.84. The molecule has 0 unspecified atom stereocenters. The van der Waals surface area contributed by atoms with Gasteiger partial charge < -0.3 is 15.4 Å². The summed E-state index contributed by atoms with van der Waals surface area (Å²) in [4.78, 5) is 12.5. The molecule has 0 radical (unpaired) electrons. The van der Waals surface area contributed by atoms with Crippen molar-refractivity contribution >= 4 is 23.0 Å². The number of nitrogens with one attached hydrogen (secondary N) is 2. The number of nitrogens with zero attached hydrogens (tertiary/aromatic N) is 2. The first-order valence-corrected chi connectivity index (χ1v) is 10.1. The van der Waals surface area contributed by atoms with Crippen LogP contribution in [0.4, 0.5) is 17.1 Å². The number of aryl methyl sites for hydroxylation is 1. The maximum absolute atomic E-state index is 12.5. The highest BCUT2D eigenvalue weighted by atomic mass is 16.5. The van der Waals surface area contributed by atoms with E-state index in [0.29, 0.717) is 11.4 Å². The topological polar surface area (TPSA) is 68.2 Å². The highest BCUT2D eigenvalue weighted by molar-refractivity contribution is 5.93. The molecule has 2 N–H and O–H groups in total. The van der Waals surface area contributed by atoms with Crippen LogP contribution in [-0.4, -0.2) is 22.3 Å². The Kier molecular flexibility index (Phi) is 5.98. The van der Waals surface area contributed by atoms with Crippen LogP contribution in [0, 0.1) is 13.8 Å². The molecule has 0 fully saturated rings. The molecule has 0 aliphatic rings. The molecule has 1 amide bonds. The van der Waals surface area contributed by atoms with Gasteiger partial charge in [0.25, 0.3) is 5.91 Å². The van der Waals surface area contributed by atoms with Gasteiger partial charge in [0.2, 0.25) is 0 Å². The first-order chi connectivity index (χ1) is 15.1. The average Bonchev–Trinajstić information content (AvgIpc) is 3.08. The highest BCUT2D eigenvalue weighted by Crippen LogP contribution is 2.23. The summed E-state index contributed by atoms with van der Waals surface area (Å²) in [6, 6.07) is 27.3. The van der Waals surface area contributed by atoms with Gasteiger partial charge in [0.1, 0.15) is 5.75 Å². The number of amides is 1. The third kappa shape index (κ3) is 4.93. The standard InChI is InChI=1S/C25H24N4O2/c1-18-25(19(2)29(28-18)22-11-7-4-8-12-22)27-24(30)17-31-23-15-13-21(14-16-23)26-20-9-5-3-6-10-20/h3-16,26H,17H2,1-2H3,(H,27,30). The van der Waals surface area contributed by atoms with Crippen molar-refractivity contribution in [3.63, 3.8) is 0 Å². The summed E-state index contributed by atoms with van der Waals surface area (Å²) in [7, 11) is 0. The molecule has 6 nitrogen and oxygen atoms in total. The first kappa shape index (κ1) is 20.2.